The summed E-state index contributed by atoms with van der Waals surface area (Å²) in [6.45, 7) is 5.43. The summed E-state index contributed by atoms with van der Waals surface area (Å²) in [6.07, 6.45) is 4.23. The average Bonchev–Trinajstić information content (AvgIpc) is 2.47. The van der Waals surface area contributed by atoms with Crippen LogP contribution in [0.5, 0.6) is 0 Å². The molecule has 0 radical (unpaired) electrons. The van der Waals surface area contributed by atoms with Gasteiger partial charge >= 0.3 is 5.97 Å². The fourth-order valence-electron chi connectivity index (χ4n) is 1.69. The lowest BCUT2D eigenvalue weighted by Crippen LogP contribution is -2.15. The summed E-state index contributed by atoms with van der Waals surface area (Å²) in [6, 6.07) is 7.53. The molecular weight excluding hydrogens is 290 g/mol. The van der Waals surface area contributed by atoms with Crippen molar-refractivity contribution >= 4 is 15.8 Å². The van der Waals surface area contributed by atoms with Crippen LogP contribution in [0, 0.1) is 0 Å². The maximum atomic E-state index is 12.3. The Morgan fingerprint density at radius 3 is 2.24 bits per heavy atom. The first-order valence-electron chi connectivity index (χ1n) is 6.59. The number of carbonyl (C=O) groups is 1. The van der Waals surface area contributed by atoms with Gasteiger partial charge in [-0.1, -0.05) is 18.2 Å². The molecule has 1 rings (SSSR count). The summed E-state index contributed by atoms with van der Waals surface area (Å²) >= 11 is 0. The number of benzene rings is 1. The van der Waals surface area contributed by atoms with Gasteiger partial charge in [0.05, 0.1) is 4.90 Å². The molecular formula is C15H19NO4S. The predicted molar refractivity (Wildman–Crippen MR) is 81.4 cm³/mol. The normalized spacial score (nSPS) is 12.6. The molecule has 0 atom stereocenters. The largest absolute Gasteiger partial charge is 0.477 e. The van der Waals surface area contributed by atoms with Crippen molar-refractivity contribution in [2.45, 2.75) is 18.7 Å². The van der Waals surface area contributed by atoms with Gasteiger partial charge in [-0.15, -0.1) is 0 Å². The van der Waals surface area contributed by atoms with Crippen molar-refractivity contribution in [1.82, 2.24) is 4.90 Å². The highest BCUT2D eigenvalue weighted by Crippen LogP contribution is 2.19. The molecule has 1 N–H and O–H groups in total. The van der Waals surface area contributed by atoms with Gasteiger partial charge in [0.15, 0.2) is 4.91 Å². The van der Waals surface area contributed by atoms with Crippen molar-refractivity contribution in [3.05, 3.63) is 53.6 Å². The third-order valence-electron chi connectivity index (χ3n) is 2.91. The standard InChI is InChI=1S/C15H19NO4S/c1-3-16(4-2)12-8-11-14(15(17)18)21(19,20)13-9-6-5-7-10-13/h5-12H,3-4H2,1-2H3,(H,17,18)/b12-8+,14-11+. The zero-order valence-electron chi connectivity index (χ0n) is 12.1. The van der Waals surface area contributed by atoms with Gasteiger partial charge < -0.3 is 10.0 Å². The monoisotopic (exact) mass is 309 g/mol. The number of sulfone groups is 1. The van der Waals surface area contributed by atoms with Crippen molar-refractivity contribution < 1.29 is 18.3 Å². The van der Waals surface area contributed by atoms with Crippen LogP contribution in [0.4, 0.5) is 0 Å². The van der Waals surface area contributed by atoms with Crippen LogP contribution in [0.25, 0.3) is 0 Å². The summed E-state index contributed by atoms with van der Waals surface area (Å²) in [5, 5.41) is 9.15. The fourth-order valence-corrected chi connectivity index (χ4v) is 2.95. The first-order chi connectivity index (χ1) is 9.93. The smallest absolute Gasteiger partial charge is 0.347 e. The van der Waals surface area contributed by atoms with Gasteiger partial charge in [0.1, 0.15) is 0 Å². The maximum Gasteiger partial charge on any atom is 0.347 e. The molecule has 0 heterocycles. The molecule has 6 heteroatoms. The highest BCUT2D eigenvalue weighted by Gasteiger charge is 2.25. The molecule has 0 aliphatic rings. The number of hydrogen-bond acceptors (Lipinski definition) is 4. The molecule has 0 saturated carbocycles. The summed E-state index contributed by atoms with van der Waals surface area (Å²) in [7, 11) is -4.02. The summed E-state index contributed by atoms with van der Waals surface area (Å²) in [5.74, 6) is -1.47. The van der Waals surface area contributed by atoms with Crippen molar-refractivity contribution in [2.24, 2.45) is 0 Å². The second-order valence-electron chi connectivity index (χ2n) is 4.22. The van der Waals surface area contributed by atoms with Crippen molar-refractivity contribution in [3.8, 4) is 0 Å². The van der Waals surface area contributed by atoms with E-state index in [1.807, 2.05) is 18.7 Å². The van der Waals surface area contributed by atoms with Gasteiger partial charge in [0.2, 0.25) is 9.84 Å². The van der Waals surface area contributed by atoms with E-state index in [1.54, 1.807) is 24.4 Å². The minimum Gasteiger partial charge on any atom is -0.477 e. The predicted octanol–water partition coefficient (Wildman–Crippen LogP) is 2.28. The number of hydrogen-bond donors (Lipinski definition) is 1. The number of carboxylic acid groups (broad SMARTS) is 1. The van der Waals surface area contributed by atoms with Gasteiger partial charge in [0, 0.05) is 13.1 Å². The summed E-state index contributed by atoms with van der Waals surface area (Å²) in [4.78, 5) is 12.5. The van der Waals surface area contributed by atoms with Gasteiger partial charge in [-0.05, 0) is 44.3 Å². The molecule has 5 nitrogen and oxygen atoms in total. The van der Waals surface area contributed by atoms with Crippen molar-refractivity contribution in [2.75, 3.05) is 13.1 Å². The van der Waals surface area contributed by atoms with Gasteiger partial charge in [-0.2, -0.15) is 0 Å². The Hall–Kier alpha value is -2.08. The highest BCUT2D eigenvalue weighted by molar-refractivity contribution is 7.96. The fraction of sp³-hybridized carbons (Fsp3) is 0.267. The quantitative estimate of drug-likeness (QED) is 0.618. The minimum absolute atomic E-state index is 0.0325. The van der Waals surface area contributed by atoms with Crippen LogP contribution in [0.3, 0.4) is 0 Å². The van der Waals surface area contributed by atoms with Gasteiger partial charge in [-0.3, -0.25) is 0 Å². The van der Waals surface area contributed by atoms with E-state index in [2.05, 4.69) is 0 Å². The first kappa shape index (κ1) is 17.0. The molecule has 0 fully saturated rings. The zero-order chi connectivity index (χ0) is 15.9. The van der Waals surface area contributed by atoms with E-state index in [9.17, 15) is 13.2 Å². The SMILES string of the molecule is CCN(/C=C/C=C(\C(=O)O)S(=O)(=O)c1ccccc1)CC. The van der Waals surface area contributed by atoms with E-state index < -0.39 is 20.7 Å². The Labute approximate surface area is 125 Å². The number of carboxylic acids is 1. The maximum absolute atomic E-state index is 12.3. The Morgan fingerprint density at radius 2 is 1.76 bits per heavy atom. The molecule has 0 aromatic heterocycles. The average molecular weight is 309 g/mol. The van der Waals surface area contributed by atoms with E-state index in [0.29, 0.717) is 0 Å². The van der Waals surface area contributed by atoms with Crippen LogP contribution in [-0.2, 0) is 14.6 Å². The number of aliphatic carboxylic acids is 1. The molecule has 0 amide bonds. The van der Waals surface area contributed by atoms with E-state index in [4.69, 9.17) is 5.11 Å². The van der Waals surface area contributed by atoms with Gasteiger partial charge in [-0.25, -0.2) is 13.2 Å². The Balaban J connectivity index is 3.16. The van der Waals surface area contributed by atoms with Crippen LogP contribution in [-0.4, -0.2) is 37.5 Å². The van der Waals surface area contributed by atoms with Crippen molar-refractivity contribution in [1.29, 1.82) is 0 Å². The van der Waals surface area contributed by atoms with Crippen LogP contribution >= 0.6 is 0 Å². The minimum atomic E-state index is -4.02. The molecule has 1 aromatic rings. The van der Waals surface area contributed by atoms with Crippen LogP contribution in [0.1, 0.15) is 13.8 Å². The second-order valence-corrected chi connectivity index (χ2v) is 6.13. The molecule has 114 valence electrons. The molecule has 21 heavy (non-hydrogen) atoms. The Bertz CT molecular complexity index is 629. The Kier molecular flexibility index (Phi) is 6.17. The van der Waals surface area contributed by atoms with Crippen LogP contribution in [0.2, 0.25) is 0 Å². The highest BCUT2D eigenvalue weighted by atomic mass is 32.2. The molecule has 0 aliphatic heterocycles. The molecule has 0 bridgehead atoms. The molecule has 0 saturated heterocycles. The molecule has 0 spiro atoms. The second kappa shape index (κ2) is 7.64. The zero-order valence-corrected chi connectivity index (χ0v) is 12.9. The topological polar surface area (TPSA) is 74.7 Å². The number of nitrogens with zero attached hydrogens (tertiary/aromatic N) is 1. The molecule has 0 unspecified atom stereocenters. The molecule has 0 aliphatic carbocycles. The van der Waals surface area contributed by atoms with E-state index in [0.717, 1.165) is 19.2 Å². The summed E-state index contributed by atoms with van der Waals surface area (Å²) in [5.41, 5.74) is 0. The number of rotatable bonds is 7. The lowest BCUT2D eigenvalue weighted by Gasteiger charge is -2.14. The first-order valence-corrected chi connectivity index (χ1v) is 8.07. The third-order valence-corrected chi connectivity index (χ3v) is 4.69. The summed E-state index contributed by atoms with van der Waals surface area (Å²) < 4.78 is 24.6. The van der Waals surface area contributed by atoms with Crippen LogP contribution in [0.15, 0.2) is 58.5 Å². The third kappa shape index (κ3) is 4.46. The lowest BCUT2D eigenvalue weighted by atomic mass is 10.4. The van der Waals surface area contributed by atoms with Crippen molar-refractivity contribution in [3.63, 3.8) is 0 Å². The van der Waals surface area contributed by atoms with E-state index >= 15 is 0 Å². The lowest BCUT2D eigenvalue weighted by molar-refractivity contribution is -0.131. The van der Waals surface area contributed by atoms with Crippen LogP contribution < -0.4 is 0 Å². The van der Waals surface area contributed by atoms with Gasteiger partial charge in [0.25, 0.3) is 0 Å². The Morgan fingerprint density at radius 1 is 1.19 bits per heavy atom. The number of allylic oxidation sites excluding steroid dienone is 2. The molecule has 1 aromatic carbocycles. The van der Waals surface area contributed by atoms with E-state index in [-0.39, 0.29) is 4.90 Å². The van der Waals surface area contributed by atoms with E-state index in [1.165, 1.54) is 18.2 Å².